The number of hydrogen-bond donors (Lipinski definition) is 1. The molecule has 1 fully saturated rings. The third kappa shape index (κ3) is 4.85. The van der Waals surface area contributed by atoms with Crippen molar-refractivity contribution < 1.29 is 4.79 Å². The lowest BCUT2D eigenvalue weighted by Gasteiger charge is -2.26. The largest absolute Gasteiger partial charge is 0.325 e. The summed E-state index contributed by atoms with van der Waals surface area (Å²) >= 11 is 0. The Balaban J connectivity index is 1.88. The van der Waals surface area contributed by atoms with Crippen LogP contribution in [0.4, 0.5) is 5.69 Å². The van der Waals surface area contributed by atoms with Gasteiger partial charge in [-0.2, -0.15) is 0 Å². The first-order valence-electron chi connectivity index (χ1n) is 8.28. The minimum absolute atomic E-state index is 0.0997. The predicted octanol–water partition coefficient (Wildman–Crippen LogP) is 3.84. The third-order valence-corrected chi connectivity index (χ3v) is 4.51. The second-order valence-corrected chi connectivity index (χ2v) is 6.12. The summed E-state index contributed by atoms with van der Waals surface area (Å²) in [6.07, 6.45) is 8.70. The van der Waals surface area contributed by atoms with Crippen LogP contribution >= 0.6 is 0 Å². The minimum Gasteiger partial charge on any atom is -0.325 e. The van der Waals surface area contributed by atoms with Gasteiger partial charge in [0.25, 0.3) is 0 Å². The molecule has 1 aliphatic carbocycles. The van der Waals surface area contributed by atoms with Crippen LogP contribution < -0.4 is 5.32 Å². The molecule has 0 aliphatic heterocycles. The second kappa shape index (κ2) is 8.18. The number of likely N-dealkylation sites (N-methyl/N-ethyl adjacent to an activating group) is 1. The molecule has 0 bridgehead atoms. The number of hydrogen-bond acceptors (Lipinski definition) is 2. The Bertz CT molecular complexity index is 450. The first-order valence-corrected chi connectivity index (χ1v) is 8.28. The molecule has 1 saturated carbocycles. The zero-order valence-corrected chi connectivity index (χ0v) is 13.4. The highest BCUT2D eigenvalue weighted by Crippen LogP contribution is 2.21. The van der Waals surface area contributed by atoms with Crippen LogP contribution in [-0.2, 0) is 11.2 Å². The number of carbonyl (C=O) groups is 1. The number of benzene rings is 1. The van der Waals surface area contributed by atoms with E-state index in [4.69, 9.17) is 0 Å². The standard InChI is InChI=1S/C18H28N2O/c1-3-15-10-8-9-13-17(15)19-18(21)14-20(2)16-11-6-4-5-7-12-16/h8-10,13,16H,3-7,11-12,14H2,1-2H3,(H,19,21). The maximum absolute atomic E-state index is 12.3. The van der Waals surface area contributed by atoms with E-state index in [0.717, 1.165) is 12.1 Å². The van der Waals surface area contributed by atoms with Crippen molar-refractivity contribution in [3.05, 3.63) is 29.8 Å². The van der Waals surface area contributed by atoms with Crippen LogP contribution in [0.3, 0.4) is 0 Å². The molecule has 0 radical (unpaired) electrons. The first kappa shape index (κ1) is 16.0. The van der Waals surface area contributed by atoms with E-state index in [1.54, 1.807) is 0 Å². The van der Waals surface area contributed by atoms with E-state index in [0.29, 0.717) is 12.6 Å². The number of para-hydroxylation sites is 1. The van der Waals surface area contributed by atoms with E-state index >= 15 is 0 Å². The van der Waals surface area contributed by atoms with Gasteiger partial charge >= 0.3 is 0 Å². The number of amides is 1. The monoisotopic (exact) mass is 288 g/mol. The van der Waals surface area contributed by atoms with Gasteiger partial charge in [0.15, 0.2) is 0 Å². The van der Waals surface area contributed by atoms with Crippen LogP contribution in [0.1, 0.15) is 51.0 Å². The van der Waals surface area contributed by atoms with E-state index < -0.39 is 0 Å². The normalized spacial score (nSPS) is 16.7. The molecule has 3 heteroatoms. The third-order valence-electron chi connectivity index (χ3n) is 4.51. The van der Waals surface area contributed by atoms with Crippen LogP contribution in [0.2, 0.25) is 0 Å². The number of nitrogens with zero attached hydrogens (tertiary/aromatic N) is 1. The Morgan fingerprint density at radius 1 is 1.19 bits per heavy atom. The summed E-state index contributed by atoms with van der Waals surface area (Å²) in [5, 5.41) is 3.07. The number of rotatable bonds is 5. The van der Waals surface area contributed by atoms with E-state index in [1.165, 1.54) is 44.1 Å². The van der Waals surface area contributed by atoms with Crippen LogP contribution in [0.25, 0.3) is 0 Å². The summed E-state index contributed by atoms with van der Waals surface area (Å²) in [5.74, 6) is 0.0997. The molecule has 0 atom stereocenters. The van der Waals surface area contributed by atoms with Gasteiger partial charge in [0.05, 0.1) is 6.54 Å². The molecule has 116 valence electrons. The van der Waals surface area contributed by atoms with Crippen molar-refractivity contribution in [1.82, 2.24) is 4.90 Å². The Labute approximate surface area is 128 Å². The van der Waals surface area contributed by atoms with E-state index in [9.17, 15) is 4.79 Å². The molecule has 3 nitrogen and oxygen atoms in total. The van der Waals surface area contributed by atoms with Gasteiger partial charge in [-0.3, -0.25) is 9.69 Å². The highest BCUT2D eigenvalue weighted by Gasteiger charge is 2.19. The van der Waals surface area contributed by atoms with Crippen LogP contribution in [0.5, 0.6) is 0 Å². The molecule has 1 aliphatic rings. The number of nitrogens with one attached hydrogen (secondary N) is 1. The number of carbonyl (C=O) groups excluding carboxylic acids is 1. The molecule has 0 spiro atoms. The van der Waals surface area contributed by atoms with Gasteiger partial charge in [0, 0.05) is 11.7 Å². The fraction of sp³-hybridized carbons (Fsp3) is 0.611. The van der Waals surface area contributed by atoms with Gasteiger partial charge in [-0.1, -0.05) is 50.8 Å². The number of anilines is 1. The van der Waals surface area contributed by atoms with Gasteiger partial charge in [0.1, 0.15) is 0 Å². The quantitative estimate of drug-likeness (QED) is 0.835. The van der Waals surface area contributed by atoms with Crippen LogP contribution in [0.15, 0.2) is 24.3 Å². The smallest absolute Gasteiger partial charge is 0.238 e. The molecule has 1 N–H and O–H groups in total. The van der Waals surface area contributed by atoms with E-state index in [1.807, 2.05) is 18.2 Å². The lowest BCUT2D eigenvalue weighted by Crippen LogP contribution is -2.37. The molecule has 0 saturated heterocycles. The predicted molar refractivity (Wildman–Crippen MR) is 88.6 cm³/mol. The molecule has 0 heterocycles. The second-order valence-electron chi connectivity index (χ2n) is 6.12. The molecule has 0 aromatic heterocycles. The molecule has 1 aromatic carbocycles. The summed E-state index contributed by atoms with van der Waals surface area (Å²) in [5.41, 5.74) is 2.15. The molecule has 1 aromatic rings. The van der Waals surface area contributed by atoms with Crippen molar-refractivity contribution in [2.75, 3.05) is 18.9 Å². The summed E-state index contributed by atoms with van der Waals surface area (Å²) in [6, 6.07) is 8.63. The Hall–Kier alpha value is -1.35. The first-order chi connectivity index (χ1) is 10.2. The lowest BCUT2D eigenvalue weighted by atomic mass is 10.1. The Morgan fingerprint density at radius 2 is 1.86 bits per heavy atom. The SMILES string of the molecule is CCc1ccccc1NC(=O)CN(C)C1CCCCCC1. The highest BCUT2D eigenvalue weighted by atomic mass is 16.2. The summed E-state index contributed by atoms with van der Waals surface area (Å²) in [6.45, 7) is 2.60. The zero-order valence-electron chi connectivity index (χ0n) is 13.4. The van der Waals surface area contributed by atoms with E-state index in [2.05, 4.69) is 30.3 Å². The van der Waals surface area contributed by atoms with Crippen molar-refractivity contribution in [1.29, 1.82) is 0 Å². The van der Waals surface area contributed by atoms with Gasteiger partial charge in [-0.05, 0) is 37.9 Å². The van der Waals surface area contributed by atoms with Crippen molar-refractivity contribution in [2.24, 2.45) is 0 Å². The van der Waals surface area contributed by atoms with Crippen molar-refractivity contribution >= 4 is 11.6 Å². The summed E-state index contributed by atoms with van der Waals surface area (Å²) < 4.78 is 0. The molecular formula is C18H28N2O. The van der Waals surface area contributed by atoms with Crippen LogP contribution in [-0.4, -0.2) is 30.4 Å². The molecular weight excluding hydrogens is 260 g/mol. The molecule has 2 rings (SSSR count). The van der Waals surface area contributed by atoms with Crippen molar-refractivity contribution in [3.63, 3.8) is 0 Å². The minimum atomic E-state index is 0.0997. The maximum atomic E-state index is 12.3. The Morgan fingerprint density at radius 3 is 2.52 bits per heavy atom. The summed E-state index contributed by atoms with van der Waals surface area (Å²) in [7, 11) is 2.08. The molecule has 0 unspecified atom stereocenters. The van der Waals surface area contributed by atoms with Gasteiger partial charge < -0.3 is 5.32 Å². The van der Waals surface area contributed by atoms with Gasteiger partial charge in [-0.15, -0.1) is 0 Å². The molecule has 1 amide bonds. The van der Waals surface area contributed by atoms with Crippen molar-refractivity contribution in [2.45, 2.75) is 57.9 Å². The topological polar surface area (TPSA) is 32.3 Å². The average molecular weight is 288 g/mol. The summed E-state index contributed by atoms with van der Waals surface area (Å²) in [4.78, 5) is 14.5. The molecule has 21 heavy (non-hydrogen) atoms. The lowest BCUT2D eigenvalue weighted by molar-refractivity contribution is -0.117. The van der Waals surface area contributed by atoms with E-state index in [-0.39, 0.29) is 5.91 Å². The Kier molecular flexibility index (Phi) is 6.24. The number of aryl methyl sites for hydroxylation is 1. The van der Waals surface area contributed by atoms with Crippen molar-refractivity contribution in [3.8, 4) is 0 Å². The van der Waals surface area contributed by atoms with Gasteiger partial charge in [0.2, 0.25) is 5.91 Å². The maximum Gasteiger partial charge on any atom is 0.238 e. The van der Waals surface area contributed by atoms with Crippen LogP contribution in [0, 0.1) is 0 Å². The fourth-order valence-electron chi connectivity index (χ4n) is 3.19. The highest BCUT2D eigenvalue weighted by molar-refractivity contribution is 5.93. The average Bonchev–Trinajstić information content (AvgIpc) is 2.76. The fourth-order valence-corrected chi connectivity index (χ4v) is 3.19. The zero-order chi connectivity index (χ0) is 15.1. The van der Waals surface area contributed by atoms with Gasteiger partial charge in [-0.25, -0.2) is 0 Å².